The summed E-state index contributed by atoms with van der Waals surface area (Å²) in [4.78, 5) is 11.9. The van der Waals surface area contributed by atoms with Crippen LogP contribution >= 0.6 is 0 Å². The first-order valence-electron chi connectivity index (χ1n) is 8.80. The molecule has 0 aliphatic carbocycles. The van der Waals surface area contributed by atoms with Gasteiger partial charge < -0.3 is 10.1 Å². The van der Waals surface area contributed by atoms with E-state index in [-0.39, 0.29) is 17.2 Å². The smallest absolute Gasteiger partial charge is 0.416 e. The zero-order chi connectivity index (χ0) is 22.4. The molecular formula is C20H21F3N2O4S. The molecule has 0 bridgehead atoms. The lowest BCUT2D eigenvalue weighted by molar-refractivity contribution is -0.137. The van der Waals surface area contributed by atoms with Crippen molar-refractivity contribution in [1.82, 2.24) is 10.0 Å². The molecule has 0 unspecified atom stereocenters. The van der Waals surface area contributed by atoms with Crippen LogP contribution in [0.3, 0.4) is 0 Å². The zero-order valence-electron chi connectivity index (χ0n) is 16.3. The fourth-order valence-electron chi connectivity index (χ4n) is 2.54. The fraction of sp³-hybridized carbons (Fsp3) is 0.250. The monoisotopic (exact) mass is 442 g/mol. The number of halogens is 3. The van der Waals surface area contributed by atoms with E-state index in [0.29, 0.717) is 17.5 Å². The number of alkyl halides is 3. The molecule has 10 heteroatoms. The van der Waals surface area contributed by atoms with Crippen LogP contribution in [0.2, 0.25) is 0 Å². The zero-order valence-corrected chi connectivity index (χ0v) is 17.1. The van der Waals surface area contributed by atoms with E-state index in [9.17, 15) is 26.4 Å². The molecule has 2 N–H and O–H groups in total. The fourth-order valence-corrected chi connectivity index (χ4v) is 3.47. The molecule has 0 aliphatic heterocycles. The molecule has 0 radical (unpaired) electrons. The predicted octanol–water partition coefficient (Wildman–Crippen LogP) is 2.99. The molecule has 2 rings (SSSR count). The summed E-state index contributed by atoms with van der Waals surface area (Å²) in [6.45, 7) is 0.233. The maximum Gasteiger partial charge on any atom is 0.416 e. The number of benzene rings is 2. The Labute approximate surface area is 172 Å². The van der Waals surface area contributed by atoms with Gasteiger partial charge in [-0.15, -0.1) is 0 Å². The highest BCUT2D eigenvalue weighted by atomic mass is 32.2. The van der Waals surface area contributed by atoms with Crippen LogP contribution in [0.25, 0.3) is 6.08 Å². The molecule has 2 aromatic carbocycles. The Morgan fingerprint density at radius 3 is 2.37 bits per heavy atom. The molecule has 6 nitrogen and oxygen atoms in total. The van der Waals surface area contributed by atoms with Gasteiger partial charge in [0, 0.05) is 12.6 Å². The van der Waals surface area contributed by atoms with Gasteiger partial charge in [-0.3, -0.25) is 4.79 Å². The van der Waals surface area contributed by atoms with Crippen molar-refractivity contribution >= 4 is 22.0 Å². The molecule has 0 saturated heterocycles. The van der Waals surface area contributed by atoms with Crippen molar-refractivity contribution in [1.29, 1.82) is 0 Å². The number of carbonyl (C=O) groups excluding carboxylic acids is 1. The standard InChI is InChI=1S/C20H21F3N2O4S/c1-24-30(27,28)18-13-15(5-9-17(18)29-2)6-10-19(26)25-12-11-14-3-7-16(8-4-14)20(21,22)23/h3-10,13,24H,11-12H2,1-2H3,(H,25,26)/b10-6+. The molecule has 30 heavy (non-hydrogen) atoms. The van der Waals surface area contributed by atoms with Gasteiger partial charge in [-0.2, -0.15) is 13.2 Å². The lowest BCUT2D eigenvalue weighted by atomic mass is 10.1. The number of ether oxygens (including phenoxy) is 1. The van der Waals surface area contributed by atoms with Gasteiger partial charge in [0.25, 0.3) is 0 Å². The number of sulfonamides is 1. The first kappa shape index (κ1) is 23.4. The molecule has 0 atom stereocenters. The Kier molecular flexibility index (Phi) is 7.63. The Morgan fingerprint density at radius 2 is 1.80 bits per heavy atom. The Morgan fingerprint density at radius 1 is 1.13 bits per heavy atom. The second-order valence-corrected chi connectivity index (χ2v) is 8.04. The van der Waals surface area contributed by atoms with Gasteiger partial charge in [0.05, 0.1) is 12.7 Å². The highest BCUT2D eigenvalue weighted by Crippen LogP contribution is 2.29. The van der Waals surface area contributed by atoms with Crippen LogP contribution in [0.5, 0.6) is 5.75 Å². The van der Waals surface area contributed by atoms with E-state index in [1.54, 1.807) is 6.07 Å². The van der Waals surface area contributed by atoms with Gasteiger partial charge in [0.1, 0.15) is 10.6 Å². The second kappa shape index (κ2) is 9.77. The van der Waals surface area contributed by atoms with E-state index in [0.717, 1.165) is 12.1 Å². The van der Waals surface area contributed by atoms with Crippen molar-refractivity contribution < 1.29 is 31.1 Å². The van der Waals surface area contributed by atoms with Gasteiger partial charge in [-0.25, -0.2) is 13.1 Å². The SMILES string of the molecule is CNS(=O)(=O)c1cc(/C=C/C(=O)NCCc2ccc(C(F)(F)F)cc2)ccc1OC. The third-order valence-corrected chi connectivity index (χ3v) is 5.60. The van der Waals surface area contributed by atoms with Crippen molar-refractivity contribution in [2.24, 2.45) is 0 Å². The summed E-state index contributed by atoms with van der Waals surface area (Å²) in [5.74, 6) is -0.252. The van der Waals surface area contributed by atoms with E-state index in [4.69, 9.17) is 4.74 Å². The summed E-state index contributed by atoms with van der Waals surface area (Å²) < 4.78 is 69.0. The van der Waals surface area contributed by atoms with E-state index < -0.39 is 27.7 Å². The average molecular weight is 442 g/mol. The average Bonchev–Trinajstić information content (AvgIpc) is 2.71. The third-order valence-electron chi connectivity index (χ3n) is 4.17. The van der Waals surface area contributed by atoms with E-state index in [2.05, 4.69) is 10.0 Å². The largest absolute Gasteiger partial charge is 0.495 e. The highest BCUT2D eigenvalue weighted by molar-refractivity contribution is 7.89. The van der Waals surface area contributed by atoms with Gasteiger partial charge in [-0.05, 0) is 54.9 Å². The molecule has 162 valence electrons. The van der Waals surface area contributed by atoms with Crippen LogP contribution < -0.4 is 14.8 Å². The van der Waals surface area contributed by atoms with Crippen molar-refractivity contribution in [2.45, 2.75) is 17.5 Å². The Balaban J connectivity index is 1.96. The summed E-state index contributed by atoms with van der Waals surface area (Å²) in [5, 5.41) is 2.62. The van der Waals surface area contributed by atoms with Crippen LogP contribution in [0, 0.1) is 0 Å². The van der Waals surface area contributed by atoms with Crippen molar-refractivity contribution in [3.63, 3.8) is 0 Å². The number of methoxy groups -OCH3 is 1. The van der Waals surface area contributed by atoms with Crippen LogP contribution in [-0.4, -0.2) is 35.0 Å². The minimum atomic E-state index is -4.38. The van der Waals surface area contributed by atoms with Crippen molar-refractivity contribution in [2.75, 3.05) is 20.7 Å². The highest BCUT2D eigenvalue weighted by Gasteiger charge is 2.29. The quantitative estimate of drug-likeness (QED) is 0.616. The van der Waals surface area contributed by atoms with Crippen LogP contribution in [0.15, 0.2) is 53.4 Å². The maximum absolute atomic E-state index is 12.5. The second-order valence-electron chi connectivity index (χ2n) is 6.19. The summed E-state index contributed by atoms with van der Waals surface area (Å²) >= 11 is 0. The van der Waals surface area contributed by atoms with E-state index in [1.807, 2.05) is 0 Å². The van der Waals surface area contributed by atoms with Crippen LogP contribution in [0.1, 0.15) is 16.7 Å². The van der Waals surface area contributed by atoms with E-state index >= 15 is 0 Å². The molecule has 0 fully saturated rings. The summed E-state index contributed by atoms with van der Waals surface area (Å²) in [6, 6.07) is 9.18. The molecule has 2 aromatic rings. The van der Waals surface area contributed by atoms with Crippen molar-refractivity contribution in [3.8, 4) is 5.75 Å². The molecule has 0 aliphatic rings. The summed E-state index contributed by atoms with van der Waals surface area (Å²) in [6.07, 6.45) is -1.33. The van der Waals surface area contributed by atoms with Gasteiger partial charge in [-0.1, -0.05) is 18.2 Å². The van der Waals surface area contributed by atoms with Gasteiger partial charge in [0.2, 0.25) is 15.9 Å². The molecule has 0 spiro atoms. The normalized spacial score (nSPS) is 12.2. The molecule has 0 saturated carbocycles. The van der Waals surface area contributed by atoms with E-state index in [1.165, 1.54) is 50.6 Å². The minimum absolute atomic E-state index is 0.0580. The van der Waals surface area contributed by atoms with Crippen LogP contribution in [-0.2, 0) is 27.4 Å². The maximum atomic E-state index is 12.5. The van der Waals surface area contributed by atoms with Crippen molar-refractivity contribution in [3.05, 3.63) is 65.2 Å². The third kappa shape index (κ3) is 6.33. The summed E-state index contributed by atoms with van der Waals surface area (Å²) in [7, 11) is -1.11. The number of hydrogen-bond donors (Lipinski definition) is 2. The molecular weight excluding hydrogens is 421 g/mol. The number of hydrogen-bond acceptors (Lipinski definition) is 4. The molecule has 1 amide bonds. The number of rotatable bonds is 8. The molecule has 0 heterocycles. The lowest BCUT2D eigenvalue weighted by Crippen LogP contribution is -2.23. The van der Waals surface area contributed by atoms with Gasteiger partial charge >= 0.3 is 6.18 Å². The lowest BCUT2D eigenvalue weighted by Gasteiger charge is -2.09. The topological polar surface area (TPSA) is 84.5 Å². The number of amides is 1. The van der Waals surface area contributed by atoms with Gasteiger partial charge in [0.15, 0.2) is 0 Å². The Bertz CT molecular complexity index is 1020. The first-order chi connectivity index (χ1) is 14.1. The number of carbonyl (C=O) groups is 1. The molecule has 0 aromatic heterocycles. The minimum Gasteiger partial charge on any atom is -0.495 e. The first-order valence-corrected chi connectivity index (χ1v) is 10.3. The Hall–Kier alpha value is -2.85. The summed E-state index contributed by atoms with van der Waals surface area (Å²) in [5.41, 5.74) is 0.407. The number of nitrogens with one attached hydrogen (secondary N) is 2. The van der Waals surface area contributed by atoms with Crippen LogP contribution in [0.4, 0.5) is 13.2 Å². The predicted molar refractivity (Wildman–Crippen MR) is 106 cm³/mol.